The number of para-hydroxylation sites is 3. The lowest BCUT2D eigenvalue weighted by Gasteiger charge is -2.38. The lowest BCUT2D eigenvalue weighted by molar-refractivity contribution is -1.04. The van der Waals surface area contributed by atoms with Crippen molar-refractivity contribution in [1.29, 1.82) is 0 Å². The second-order valence-corrected chi connectivity index (χ2v) is 17.7. The van der Waals surface area contributed by atoms with Crippen molar-refractivity contribution in [3.63, 3.8) is 0 Å². The van der Waals surface area contributed by atoms with E-state index in [0.717, 1.165) is 56.2 Å². The van der Waals surface area contributed by atoms with Crippen LogP contribution in [0.25, 0.3) is 61.2 Å². The fourth-order valence-corrected chi connectivity index (χ4v) is 16.1. The number of rotatable bonds is 0. The van der Waals surface area contributed by atoms with Crippen LogP contribution >= 0.6 is 0 Å². The molecule has 1 unspecified atom stereocenters. The maximum absolute atomic E-state index is 7.04. The Labute approximate surface area is 285 Å². The van der Waals surface area contributed by atoms with E-state index in [1.54, 1.807) is 0 Å². The van der Waals surface area contributed by atoms with E-state index in [4.69, 9.17) is 14.8 Å². The highest BCUT2D eigenvalue weighted by Gasteiger charge is 2.72. The number of fused-ring (bicyclic) bond motifs is 12. The highest BCUT2D eigenvalue weighted by atomic mass is 28.3. The summed E-state index contributed by atoms with van der Waals surface area (Å²) in [5, 5.41) is 13.2. The molecule has 230 valence electrons. The van der Waals surface area contributed by atoms with E-state index in [2.05, 4.69) is 147 Å². The Morgan fingerprint density at radius 3 is 2.30 bits per heavy atom. The normalized spacial score (nSPS) is 18.1. The monoisotopic (exact) mass is 658 g/mol. The molecule has 0 radical (unpaired) electrons. The van der Waals surface area contributed by atoms with Gasteiger partial charge in [-0.2, -0.15) is 4.57 Å². The Bertz CT molecular complexity index is 3130. The zero-order valence-corrected chi connectivity index (χ0v) is 27.7. The van der Waals surface area contributed by atoms with Gasteiger partial charge in [0.05, 0.1) is 28.8 Å². The molecule has 14 rings (SSSR count). The molecule has 0 saturated heterocycles. The minimum atomic E-state index is -2.89. The molecule has 0 bridgehead atoms. The number of aromatic nitrogens is 6. The van der Waals surface area contributed by atoms with E-state index >= 15 is 0 Å². The van der Waals surface area contributed by atoms with Crippen molar-refractivity contribution in [2.75, 3.05) is 0 Å². The highest BCUT2D eigenvalue weighted by Crippen LogP contribution is 2.60. The molecule has 5 aliphatic rings. The summed E-state index contributed by atoms with van der Waals surface area (Å²) >= 11 is 0. The Kier molecular flexibility index (Phi) is 3.74. The average molecular weight is 659 g/mol. The average Bonchev–Trinajstić information content (AvgIpc) is 3.86. The zero-order valence-electron chi connectivity index (χ0n) is 26.7. The van der Waals surface area contributed by atoms with Crippen LogP contribution in [0.1, 0.15) is 0 Å². The van der Waals surface area contributed by atoms with Gasteiger partial charge in [0.2, 0.25) is 17.0 Å². The van der Waals surface area contributed by atoms with E-state index < -0.39 is 8.07 Å². The van der Waals surface area contributed by atoms with Gasteiger partial charge in [0.25, 0.3) is 5.69 Å². The number of imidazole rings is 1. The Morgan fingerprint density at radius 1 is 0.680 bits per heavy atom. The summed E-state index contributed by atoms with van der Waals surface area (Å²) in [6, 6.07) is 40.2. The van der Waals surface area contributed by atoms with Crippen LogP contribution in [0.2, 0.25) is 0 Å². The molecule has 50 heavy (non-hydrogen) atoms. The van der Waals surface area contributed by atoms with Crippen molar-refractivity contribution >= 4 is 73.2 Å². The van der Waals surface area contributed by atoms with Gasteiger partial charge in [0.15, 0.2) is 19.3 Å². The molecule has 0 saturated carbocycles. The highest BCUT2D eigenvalue weighted by molar-refractivity contribution is 7.23. The number of benzene rings is 5. The third-order valence-electron chi connectivity index (χ3n) is 12.2. The van der Waals surface area contributed by atoms with Crippen LogP contribution in [0, 0.1) is 0 Å². The molecule has 5 aliphatic heterocycles. The van der Waals surface area contributed by atoms with E-state index in [-0.39, 0.29) is 4.70 Å². The van der Waals surface area contributed by atoms with Gasteiger partial charge in [0, 0.05) is 27.4 Å². The standard InChI is InChI=1S/C41H24N7OSi/c1-44-28-12-4-5-13-29(28)46-40(44)26-11-8-14-30-38(26)48(46)39-31(49-30)17-18-34-37(39)45-36-27(25-19-20-43-47(48)41(25)45)21-42-22-35(36)50(34)32-15-6-2-9-23(32)24-10-3-7-16-33(24)50/h2-22H,1H3/q+3. The quantitative estimate of drug-likeness (QED) is 0.139. The first-order valence-corrected chi connectivity index (χ1v) is 19.1. The Morgan fingerprint density at radius 2 is 1.44 bits per heavy atom. The van der Waals surface area contributed by atoms with Crippen LogP contribution in [0.4, 0.5) is 11.4 Å². The second kappa shape index (κ2) is 7.57. The van der Waals surface area contributed by atoms with Gasteiger partial charge in [-0.3, -0.25) is 4.98 Å². The van der Waals surface area contributed by atoms with Gasteiger partial charge >= 0.3 is 17.2 Å². The molecule has 9 heteroatoms. The first-order chi connectivity index (χ1) is 24.8. The summed E-state index contributed by atoms with van der Waals surface area (Å²) in [6.45, 7) is 0. The molecule has 9 aromatic rings. The van der Waals surface area contributed by atoms with Crippen molar-refractivity contribution in [2.24, 2.45) is 7.05 Å². The largest absolute Gasteiger partial charge is 0.444 e. The van der Waals surface area contributed by atoms with Crippen molar-refractivity contribution in [2.45, 2.75) is 0 Å². The molecular formula is C41H24N7OSi+3. The molecule has 0 N–H and O–H groups in total. The van der Waals surface area contributed by atoms with Crippen LogP contribution in [-0.2, 0) is 7.05 Å². The number of quaternary nitrogens is 1. The van der Waals surface area contributed by atoms with E-state index in [0.29, 0.717) is 0 Å². The summed E-state index contributed by atoms with van der Waals surface area (Å²) in [4.78, 5) is 7.30. The van der Waals surface area contributed by atoms with Crippen LogP contribution in [0.15, 0.2) is 128 Å². The molecule has 4 aromatic heterocycles. The number of nitrogens with zero attached hydrogens (tertiary/aromatic N) is 7. The van der Waals surface area contributed by atoms with Gasteiger partial charge in [0.1, 0.15) is 15.8 Å². The molecule has 0 aliphatic carbocycles. The molecule has 9 heterocycles. The first-order valence-electron chi connectivity index (χ1n) is 17.1. The maximum atomic E-state index is 7.04. The zero-order chi connectivity index (χ0) is 32.2. The predicted molar refractivity (Wildman–Crippen MR) is 194 cm³/mol. The molecular weight excluding hydrogens is 635 g/mol. The molecule has 0 fully saturated rings. The number of ether oxygens (including phenoxy) is 1. The first kappa shape index (κ1) is 24.7. The number of hydrogen-bond donors (Lipinski definition) is 0. The summed E-state index contributed by atoms with van der Waals surface area (Å²) in [5.74, 6) is 2.82. The Balaban J connectivity index is 1.32. The van der Waals surface area contributed by atoms with E-state index in [1.807, 2.05) is 6.20 Å². The smallest absolute Gasteiger partial charge is 0.378 e. The van der Waals surface area contributed by atoms with Gasteiger partial charge in [-0.25, -0.2) is 4.57 Å². The van der Waals surface area contributed by atoms with Crippen LogP contribution in [0.5, 0.6) is 11.5 Å². The molecule has 8 nitrogen and oxygen atoms in total. The number of pyridine rings is 1. The van der Waals surface area contributed by atoms with Crippen LogP contribution in [-0.4, -0.2) is 27.3 Å². The SMILES string of the molecule is Cn1c2[n+](c3ccccc31)[N+]13c4c(cccc4-2)Oc2ccc4c(c21)-n1c2c(cncc2c2ccn[n+]3c21)[Si]41c2ccccc2-c2ccccc21. The van der Waals surface area contributed by atoms with Gasteiger partial charge in [-0.15, -0.1) is 0 Å². The summed E-state index contributed by atoms with van der Waals surface area (Å²) in [7, 11) is -0.713. The topological polar surface area (TPSA) is 52.6 Å². The molecule has 5 aromatic carbocycles. The van der Waals surface area contributed by atoms with Crippen molar-refractivity contribution in [1.82, 2.24) is 23.9 Å². The molecule has 1 atom stereocenters. The number of hydrogen-bond acceptors (Lipinski definition) is 3. The van der Waals surface area contributed by atoms with Crippen molar-refractivity contribution < 1.29 is 14.2 Å². The predicted octanol–water partition coefficient (Wildman–Crippen LogP) is 4.28. The number of aryl methyl sites for hydroxylation is 1. The van der Waals surface area contributed by atoms with Crippen molar-refractivity contribution in [3.05, 3.63) is 128 Å². The Hall–Kier alpha value is -6.42. The minimum absolute atomic E-state index is 0.241. The second-order valence-electron chi connectivity index (χ2n) is 14.1. The molecule has 0 amide bonds. The lowest BCUT2D eigenvalue weighted by Crippen LogP contribution is -2.86. The third kappa shape index (κ3) is 2.17. The van der Waals surface area contributed by atoms with E-state index in [1.165, 1.54) is 48.6 Å². The summed E-state index contributed by atoms with van der Waals surface area (Å²) in [5.41, 5.74) is 11.8. The van der Waals surface area contributed by atoms with Gasteiger partial charge < -0.3 is 4.74 Å². The van der Waals surface area contributed by atoms with Crippen molar-refractivity contribution in [3.8, 4) is 39.7 Å². The van der Waals surface area contributed by atoms with Crippen LogP contribution in [0.3, 0.4) is 0 Å². The maximum Gasteiger partial charge on any atom is 0.378 e. The van der Waals surface area contributed by atoms with Gasteiger partial charge in [-0.1, -0.05) is 72.8 Å². The van der Waals surface area contributed by atoms with Gasteiger partial charge in [-0.05, 0) is 63.0 Å². The molecule has 2 spiro atoms. The lowest BCUT2D eigenvalue weighted by atomic mass is 10.1. The summed E-state index contributed by atoms with van der Waals surface area (Å²) in [6.07, 6.45) is 6.20. The van der Waals surface area contributed by atoms with E-state index in [9.17, 15) is 0 Å². The van der Waals surface area contributed by atoms with Crippen LogP contribution < -0.4 is 39.7 Å². The fourth-order valence-electron chi connectivity index (χ4n) is 10.7. The minimum Gasteiger partial charge on any atom is -0.444 e. The third-order valence-corrected chi connectivity index (χ3v) is 17.1. The fraction of sp³-hybridized carbons (Fsp3) is 0.0244. The summed E-state index contributed by atoms with van der Waals surface area (Å²) < 4.78 is 14.6.